The first-order valence-corrected chi connectivity index (χ1v) is 9.30. The minimum atomic E-state index is -0.0525. The third-order valence-corrected chi connectivity index (χ3v) is 5.63. The molecule has 24 heavy (non-hydrogen) atoms. The molecular formula is C18H18N2O2S2. The fraction of sp³-hybridized carbons (Fsp3) is 0.222. The van der Waals surface area contributed by atoms with E-state index < -0.39 is 0 Å². The van der Waals surface area contributed by atoms with Gasteiger partial charge in [-0.1, -0.05) is 11.3 Å². The van der Waals surface area contributed by atoms with E-state index in [2.05, 4.69) is 36.3 Å². The second kappa shape index (κ2) is 7.23. The number of ether oxygens (including phenoxy) is 1. The van der Waals surface area contributed by atoms with Crippen molar-refractivity contribution in [3.05, 3.63) is 47.5 Å². The highest BCUT2D eigenvalue weighted by Crippen LogP contribution is 2.28. The molecule has 1 N–H and O–H groups in total. The van der Waals surface area contributed by atoms with Crippen molar-refractivity contribution in [3.8, 4) is 5.75 Å². The van der Waals surface area contributed by atoms with Crippen LogP contribution in [0.4, 0.5) is 5.13 Å². The number of aryl methyl sites for hydroxylation is 2. The lowest BCUT2D eigenvalue weighted by Crippen LogP contribution is -2.13. The fourth-order valence-electron chi connectivity index (χ4n) is 2.21. The first-order valence-electron chi connectivity index (χ1n) is 7.49. The number of thioether (sulfide) groups is 1. The van der Waals surface area contributed by atoms with E-state index in [1.807, 2.05) is 24.3 Å². The van der Waals surface area contributed by atoms with Gasteiger partial charge in [0.15, 0.2) is 5.13 Å². The van der Waals surface area contributed by atoms with Crippen LogP contribution in [0.5, 0.6) is 5.75 Å². The monoisotopic (exact) mass is 358 g/mol. The molecule has 3 aromatic rings. The zero-order chi connectivity index (χ0) is 17.1. The van der Waals surface area contributed by atoms with Gasteiger partial charge in [-0.3, -0.25) is 4.79 Å². The highest BCUT2D eigenvalue weighted by atomic mass is 32.2. The lowest BCUT2D eigenvalue weighted by Gasteiger charge is -2.03. The van der Waals surface area contributed by atoms with Crippen LogP contribution < -0.4 is 10.1 Å². The smallest absolute Gasteiger partial charge is 0.236 e. The average Bonchev–Trinajstić information content (AvgIpc) is 2.94. The number of rotatable bonds is 5. The van der Waals surface area contributed by atoms with Gasteiger partial charge >= 0.3 is 0 Å². The molecule has 6 heteroatoms. The number of carbonyl (C=O) groups excluding carboxylic acids is 1. The van der Waals surface area contributed by atoms with Gasteiger partial charge in [-0.2, -0.15) is 0 Å². The van der Waals surface area contributed by atoms with Crippen LogP contribution in [0.15, 0.2) is 41.3 Å². The van der Waals surface area contributed by atoms with Crippen molar-refractivity contribution in [2.24, 2.45) is 0 Å². The minimum Gasteiger partial charge on any atom is -0.497 e. The van der Waals surface area contributed by atoms with Crippen LogP contribution in [0, 0.1) is 13.8 Å². The number of aromatic nitrogens is 1. The summed E-state index contributed by atoms with van der Waals surface area (Å²) < 4.78 is 6.22. The number of benzene rings is 2. The number of methoxy groups -OCH3 is 1. The van der Waals surface area contributed by atoms with E-state index in [0.717, 1.165) is 20.9 Å². The molecule has 2 aromatic carbocycles. The summed E-state index contributed by atoms with van der Waals surface area (Å²) in [5.74, 6) is 1.10. The summed E-state index contributed by atoms with van der Waals surface area (Å²) in [6, 6.07) is 11.8. The van der Waals surface area contributed by atoms with Crippen LogP contribution in [0.2, 0.25) is 0 Å². The third-order valence-electron chi connectivity index (χ3n) is 3.68. The van der Waals surface area contributed by atoms with Gasteiger partial charge in [-0.05, 0) is 61.4 Å². The van der Waals surface area contributed by atoms with E-state index >= 15 is 0 Å². The van der Waals surface area contributed by atoms with Crippen molar-refractivity contribution in [1.29, 1.82) is 0 Å². The largest absolute Gasteiger partial charge is 0.497 e. The number of hydrogen-bond acceptors (Lipinski definition) is 5. The molecule has 3 rings (SSSR count). The highest BCUT2D eigenvalue weighted by Gasteiger charge is 2.09. The normalized spacial score (nSPS) is 10.8. The highest BCUT2D eigenvalue weighted by molar-refractivity contribution is 8.00. The van der Waals surface area contributed by atoms with Crippen LogP contribution in [0.25, 0.3) is 10.2 Å². The van der Waals surface area contributed by atoms with E-state index in [0.29, 0.717) is 10.9 Å². The van der Waals surface area contributed by atoms with E-state index in [4.69, 9.17) is 4.74 Å². The molecule has 0 saturated heterocycles. The topological polar surface area (TPSA) is 51.2 Å². The Morgan fingerprint density at radius 2 is 1.92 bits per heavy atom. The Hall–Kier alpha value is -2.05. The number of hydrogen-bond donors (Lipinski definition) is 1. The van der Waals surface area contributed by atoms with E-state index in [9.17, 15) is 4.79 Å². The zero-order valence-corrected chi connectivity index (χ0v) is 15.4. The van der Waals surface area contributed by atoms with Crippen LogP contribution in [-0.4, -0.2) is 23.8 Å². The first-order chi connectivity index (χ1) is 11.5. The molecule has 0 atom stereocenters. The summed E-state index contributed by atoms with van der Waals surface area (Å²) >= 11 is 2.99. The number of carbonyl (C=O) groups is 1. The van der Waals surface area contributed by atoms with Gasteiger partial charge in [-0.25, -0.2) is 4.98 Å². The molecule has 1 aromatic heterocycles. The van der Waals surface area contributed by atoms with Crippen molar-refractivity contribution in [2.45, 2.75) is 18.7 Å². The SMILES string of the molecule is COc1ccc(SCC(=O)Nc2nc3cc(C)c(C)cc3s2)cc1. The number of anilines is 1. The Balaban J connectivity index is 1.61. The summed E-state index contributed by atoms with van der Waals surface area (Å²) in [6.45, 7) is 4.15. The molecule has 0 fully saturated rings. The summed E-state index contributed by atoms with van der Waals surface area (Å²) in [7, 11) is 1.64. The van der Waals surface area contributed by atoms with Gasteiger partial charge in [0, 0.05) is 4.90 Å². The van der Waals surface area contributed by atoms with Gasteiger partial charge in [0.1, 0.15) is 5.75 Å². The molecule has 0 radical (unpaired) electrons. The molecule has 0 aliphatic carbocycles. The van der Waals surface area contributed by atoms with Gasteiger partial charge in [0.25, 0.3) is 0 Å². The lowest BCUT2D eigenvalue weighted by molar-refractivity contribution is -0.113. The molecule has 0 bridgehead atoms. The Morgan fingerprint density at radius 3 is 2.62 bits per heavy atom. The molecule has 4 nitrogen and oxygen atoms in total. The van der Waals surface area contributed by atoms with E-state index in [1.165, 1.54) is 34.2 Å². The average molecular weight is 358 g/mol. The van der Waals surface area contributed by atoms with Crippen LogP contribution in [0.1, 0.15) is 11.1 Å². The predicted molar refractivity (Wildman–Crippen MR) is 101 cm³/mol. The van der Waals surface area contributed by atoms with Crippen molar-refractivity contribution >= 4 is 44.4 Å². The van der Waals surface area contributed by atoms with Gasteiger partial charge in [-0.15, -0.1) is 11.8 Å². The van der Waals surface area contributed by atoms with Gasteiger partial charge in [0.2, 0.25) is 5.91 Å². The minimum absolute atomic E-state index is 0.0525. The van der Waals surface area contributed by atoms with Gasteiger partial charge < -0.3 is 10.1 Å². The number of amides is 1. The number of fused-ring (bicyclic) bond motifs is 1. The molecule has 0 aliphatic heterocycles. The maximum absolute atomic E-state index is 12.1. The summed E-state index contributed by atoms with van der Waals surface area (Å²) in [4.78, 5) is 17.7. The summed E-state index contributed by atoms with van der Waals surface area (Å²) in [5.41, 5.74) is 3.38. The molecule has 0 saturated carbocycles. The maximum Gasteiger partial charge on any atom is 0.236 e. The maximum atomic E-state index is 12.1. The Morgan fingerprint density at radius 1 is 1.21 bits per heavy atom. The molecule has 0 unspecified atom stereocenters. The van der Waals surface area contributed by atoms with Crippen LogP contribution in [-0.2, 0) is 4.79 Å². The molecule has 1 heterocycles. The number of nitrogens with zero attached hydrogens (tertiary/aromatic N) is 1. The Kier molecular flexibility index (Phi) is 5.06. The Labute approximate surface area is 149 Å². The molecule has 1 amide bonds. The fourth-order valence-corrected chi connectivity index (χ4v) is 3.87. The Bertz CT molecular complexity index is 834. The van der Waals surface area contributed by atoms with Gasteiger partial charge in [0.05, 0.1) is 23.1 Å². The summed E-state index contributed by atoms with van der Waals surface area (Å²) in [5, 5.41) is 3.53. The molecule has 0 spiro atoms. The van der Waals surface area contributed by atoms with Crippen molar-refractivity contribution in [1.82, 2.24) is 4.98 Å². The van der Waals surface area contributed by atoms with Crippen LogP contribution in [0.3, 0.4) is 0 Å². The third kappa shape index (κ3) is 3.88. The quantitative estimate of drug-likeness (QED) is 0.674. The van der Waals surface area contributed by atoms with Crippen LogP contribution >= 0.6 is 23.1 Å². The second-order valence-electron chi connectivity index (χ2n) is 5.44. The molecule has 124 valence electrons. The predicted octanol–water partition coefficient (Wildman–Crippen LogP) is 4.65. The lowest BCUT2D eigenvalue weighted by atomic mass is 10.1. The zero-order valence-electron chi connectivity index (χ0n) is 13.8. The van der Waals surface area contributed by atoms with Crippen molar-refractivity contribution in [2.75, 3.05) is 18.2 Å². The van der Waals surface area contributed by atoms with Crippen molar-refractivity contribution in [3.63, 3.8) is 0 Å². The first kappa shape index (κ1) is 16.8. The standard InChI is InChI=1S/C18H18N2O2S2/c1-11-8-15-16(9-12(11)2)24-18(19-15)20-17(21)10-23-14-6-4-13(22-3)5-7-14/h4-9H,10H2,1-3H3,(H,19,20,21). The second-order valence-corrected chi connectivity index (χ2v) is 7.51. The molecule has 0 aliphatic rings. The summed E-state index contributed by atoms with van der Waals surface area (Å²) in [6.07, 6.45) is 0. The number of nitrogens with one attached hydrogen (secondary N) is 1. The van der Waals surface area contributed by atoms with Crippen molar-refractivity contribution < 1.29 is 9.53 Å². The molecular weight excluding hydrogens is 340 g/mol. The van der Waals surface area contributed by atoms with E-state index in [1.54, 1.807) is 7.11 Å². The van der Waals surface area contributed by atoms with E-state index in [-0.39, 0.29) is 5.91 Å². The number of thiazole rings is 1.